The van der Waals surface area contributed by atoms with E-state index in [9.17, 15) is 9.90 Å². The third-order valence-electron chi connectivity index (χ3n) is 4.92. The average molecular weight is 373 g/mol. The molecule has 0 spiro atoms. The molecule has 0 saturated carbocycles. The summed E-state index contributed by atoms with van der Waals surface area (Å²) in [7, 11) is 3.74. The van der Waals surface area contributed by atoms with Crippen LogP contribution in [-0.4, -0.2) is 77.2 Å². The molecule has 0 aromatic carbocycles. The van der Waals surface area contributed by atoms with Crippen molar-refractivity contribution in [3.63, 3.8) is 0 Å². The van der Waals surface area contributed by atoms with E-state index in [-0.39, 0.29) is 18.6 Å². The van der Waals surface area contributed by atoms with Crippen molar-refractivity contribution in [2.45, 2.75) is 25.9 Å². The zero-order chi connectivity index (χ0) is 19.4. The topological polar surface area (TPSA) is 85.9 Å². The van der Waals surface area contributed by atoms with Gasteiger partial charge in [-0.25, -0.2) is 9.97 Å². The quantitative estimate of drug-likeness (QED) is 0.813. The molecule has 27 heavy (non-hydrogen) atoms. The van der Waals surface area contributed by atoms with Crippen LogP contribution in [0.3, 0.4) is 0 Å². The van der Waals surface area contributed by atoms with Gasteiger partial charge in [-0.1, -0.05) is 0 Å². The van der Waals surface area contributed by atoms with Crippen LogP contribution in [0.4, 0.5) is 5.95 Å². The smallest absolute Gasteiger partial charge is 0.257 e. The fourth-order valence-corrected chi connectivity index (χ4v) is 3.38. The van der Waals surface area contributed by atoms with E-state index in [0.717, 1.165) is 18.7 Å². The number of aliphatic hydroxyl groups excluding tert-OH is 1. The highest BCUT2D eigenvalue weighted by Gasteiger charge is 2.30. The van der Waals surface area contributed by atoms with Gasteiger partial charge in [-0.3, -0.25) is 9.69 Å². The van der Waals surface area contributed by atoms with Crippen LogP contribution >= 0.6 is 0 Å². The maximum atomic E-state index is 13.0. The zero-order valence-electron chi connectivity index (χ0n) is 16.1. The molecule has 1 fully saturated rings. The first kappa shape index (κ1) is 19.3. The second-order valence-corrected chi connectivity index (χ2v) is 7.08. The Hall–Kier alpha value is -2.45. The molecule has 1 N–H and O–H groups in total. The summed E-state index contributed by atoms with van der Waals surface area (Å²) < 4.78 is 5.15. The average Bonchev–Trinajstić information content (AvgIpc) is 3.15. The van der Waals surface area contributed by atoms with Crippen LogP contribution in [0.15, 0.2) is 29.2 Å². The van der Waals surface area contributed by atoms with E-state index in [1.807, 2.05) is 36.9 Å². The van der Waals surface area contributed by atoms with Crippen LogP contribution < -0.4 is 4.90 Å². The highest BCUT2D eigenvalue weighted by Crippen LogP contribution is 2.20. The van der Waals surface area contributed by atoms with Crippen molar-refractivity contribution in [1.29, 1.82) is 0 Å². The molecule has 0 aliphatic carbocycles. The summed E-state index contributed by atoms with van der Waals surface area (Å²) in [6, 6.07) is 2.05. The molecule has 1 amide bonds. The molecule has 8 heteroatoms. The predicted molar refractivity (Wildman–Crippen MR) is 102 cm³/mol. The molecule has 0 bridgehead atoms. The Bertz CT molecular complexity index is 763. The normalized spacial score (nSPS) is 17.9. The standard InChI is InChI=1S/C19H27N5O3/c1-14-17(10-20-19(21-14)22(2)3)18(26)24-7-6-23(16(12-24)4-8-25)11-15-5-9-27-13-15/h5,9-10,13,16,25H,4,6-8,11-12H2,1-3H3/t16-/m0/s1. The molecule has 2 aromatic heterocycles. The number of aryl methyl sites for hydroxylation is 1. The van der Waals surface area contributed by atoms with Gasteiger partial charge in [-0.05, 0) is 19.4 Å². The van der Waals surface area contributed by atoms with Crippen molar-refractivity contribution in [3.05, 3.63) is 41.6 Å². The molecule has 1 saturated heterocycles. The molecular formula is C19H27N5O3. The number of aliphatic hydroxyl groups is 1. The first-order valence-electron chi connectivity index (χ1n) is 9.15. The number of carbonyl (C=O) groups excluding carboxylic acids is 1. The fraction of sp³-hybridized carbons (Fsp3) is 0.526. The number of hydrogen-bond donors (Lipinski definition) is 1. The Morgan fingerprint density at radius 1 is 1.41 bits per heavy atom. The molecule has 146 valence electrons. The van der Waals surface area contributed by atoms with Crippen molar-refractivity contribution >= 4 is 11.9 Å². The minimum atomic E-state index is -0.0521. The van der Waals surface area contributed by atoms with Gasteiger partial charge >= 0.3 is 0 Å². The second kappa shape index (κ2) is 8.49. The van der Waals surface area contributed by atoms with Gasteiger partial charge in [0.2, 0.25) is 5.95 Å². The number of carbonyl (C=O) groups is 1. The lowest BCUT2D eigenvalue weighted by Crippen LogP contribution is -2.54. The number of anilines is 1. The molecule has 3 heterocycles. The number of amides is 1. The zero-order valence-corrected chi connectivity index (χ0v) is 16.1. The Morgan fingerprint density at radius 2 is 2.22 bits per heavy atom. The van der Waals surface area contributed by atoms with Crippen molar-refractivity contribution < 1.29 is 14.3 Å². The monoisotopic (exact) mass is 373 g/mol. The summed E-state index contributed by atoms with van der Waals surface area (Å²) in [5, 5.41) is 9.46. The number of piperazine rings is 1. The van der Waals surface area contributed by atoms with Gasteiger partial charge in [0, 0.05) is 64.7 Å². The summed E-state index contributed by atoms with van der Waals surface area (Å²) in [6.45, 7) is 4.64. The van der Waals surface area contributed by atoms with E-state index in [2.05, 4.69) is 14.9 Å². The molecule has 2 aromatic rings. The van der Waals surface area contributed by atoms with Crippen molar-refractivity contribution in [3.8, 4) is 0 Å². The number of aromatic nitrogens is 2. The molecule has 1 aliphatic heterocycles. The van der Waals surface area contributed by atoms with E-state index in [1.165, 1.54) is 0 Å². The van der Waals surface area contributed by atoms with Crippen molar-refractivity contribution in [2.24, 2.45) is 0 Å². The van der Waals surface area contributed by atoms with Gasteiger partial charge < -0.3 is 19.3 Å². The van der Waals surface area contributed by atoms with Gasteiger partial charge in [0.1, 0.15) is 0 Å². The number of furan rings is 1. The highest BCUT2D eigenvalue weighted by atomic mass is 16.3. The van der Waals surface area contributed by atoms with Crippen molar-refractivity contribution in [2.75, 3.05) is 45.2 Å². The van der Waals surface area contributed by atoms with E-state index in [0.29, 0.717) is 36.7 Å². The summed E-state index contributed by atoms with van der Waals surface area (Å²) >= 11 is 0. The lowest BCUT2D eigenvalue weighted by Gasteiger charge is -2.41. The van der Waals surface area contributed by atoms with Crippen LogP contribution in [0, 0.1) is 6.92 Å². The van der Waals surface area contributed by atoms with Crippen molar-refractivity contribution in [1.82, 2.24) is 19.8 Å². The summed E-state index contributed by atoms with van der Waals surface area (Å²) in [5.41, 5.74) is 2.31. The van der Waals surface area contributed by atoms with Crippen LogP contribution in [0.1, 0.15) is 28.0 Å². The maximum absolute atomic E-state index is 13.0. The third-order valence-corrected chi connectivity index (χ3v) is 4.92. The van der Waals surface area contributed by atoms with E-state index < -0.39 is 0 Å². The lowest BCUT2D eigenvalue weighted by atomic mass is 10.1. The molecular weight excluding hydrogens is 346 g/mol. The Labute approximate surface area is 159 Å². The van der Waals surface area contributed by atoms with Crippen LogP contribution in [0.2, 0.25) is 0 Å². The van der Waals surface area contributed by atoms with Crippen LogP contribution in [-0.2, 0) is 6.54 Å². The summed E-state index contributed by atoms with van der Waals surface area (Å²) in [5.74, 6) is 0.538. The molecule has 8 nitrogen and oxygen atoms in total. The Kier molecular flexibility index (Phi) is 6.08. The highest BCUT2D eigenvalue weighted by molar-refractivity contribution is 5.95. The summed E-state index contributed by atoms with van der Waals surface area (Å²) in [4.78, 5) is 27.7. The van der Waals surface area contributed by atoms with Gasteiger partial charge in [-0.15, -0.1) is 0 Å². The summed E-state index contributed by atoms with van der Waals surface area (Å²) in [6.07, 6.45) is 5.63. The molecule has 0 radical (unpaired) electrons. The van der Waals surface area contributed by atoms with Gasteiger partial charge in [0.25, 0.3) is 5.91 Å². The molecule has 3 rings (SSSR count). The molecule has 1 aliphatic rings. The first-order chi connectivity index (χ1) is 13.0. The largest absolute Gasteiger partial charge is 0.472 e. The molecule has 0 unspecified atom stereocenters. The number of nitrogens with zero attached hydrogens (tertiary/aromatic N) is 5. The van der Waals surface area contributed by atoms with E-state index in [4.69, 9.17) is 4.42 Å². The lowest BCUT2D eigenvalue weighted by molar-refractivity contribution is 0.0393. The Morgan fingerprint density at radius 3 is 2.85 bits per heavy atom. The van der Waals surface area contributed by atoms with Gasteiger partial charge in [0.05, 0.1) is 23.8 Å². The fourth-order valence-electron chi connectivity index (χ4n) is 3.38. The van der Waals surface area contributed by atoms with Gasteiger partial charge in [-0.2, -0.15) is 0 Å². The third kappa shape index (κ3) is 4.45. The minimum absolute atomic E-state index is 0.0521. The van der Waals surface area contributed by atoms with Crippen LogP contribution in [0.5, 0.6) is 0 Å². The number of hydrogen-bond acceptors (Lipinski definition) is 7. The molecule has 1 atom stereocenters. The SMILES string of the molecule is Cc1nc(N(C)C)ncc1C(=O)N1CCN(Cc2ccoc2)[C@@H](CCO)C1. The predicted octanol–water partition coefficient (Wildman–Crippen LogP) is 1.15. The second-order valence-electron chi connectivity index (χ2n) is 7.08. The first-order valence-corrected chi connectivity index (χ1v) is 9.15. The van der Waals surface area contributed by atoms with E-state index >= 15 is 0 Å². The Balaban J connectivity index is 1.71. The van der Waals surface area contributed by atoms with Crippen LogP contribution in [0.25, 0.3) is 0 Å². The van der Waals surface area contributed by atoms with Gasteiger partial charge in [0.15, 0.2) is 0 Å². The maximum Gasteiger partial charge on any atom is 0.257 e. The minimum Gasteiger partial charge on any atom is -0.472 e. The number of rotatable bonds is 6. The van der Waals surface area contributed by atoms with E-state index in [1.54, 1.807) is 18.7 Å².